The molecule has 2 bridgehead atoms. The minimum Gasteiger partial charge on any atom is -0.0622 e. The molecule has 0 aromatic carbocycles. The molecule has 0 aromatic rings. The van der Waals surface area contributed by atoms with Gasteiger partial charge in [0.15, 0.2) is 0 Å². The van der Waals surface area contributed by atoms with Gasteiger partial charge in [-0.25, -0.2) is 0 Å². The maximum Gasteiger partial charge on any atom is -0.0312 e. The highest BCUT2D eigenvalue weighted by molar-refractivity contribution is 5.33. The minimum absolute atomic E-state index is 1.12. The summed E-state index contributed by atoms with van der Waals surface area (Å²) in [5.74, 6) is 8.78. The Hall–Kier alpha value is 0. The Morgan fingerprint density at radius 1 is 0.889 bits per heavy atom. The van der Waals surface area contributed by atoms with E-state index in [1.54, 1.807) is 6.42 Å². The standard InChI is InChI=1S/C9H12/c1-3-2-4-5(3)7-8-6(4)9(7)8/h3-9H,2H2,1H3/t3-,4+,5-,6?,7?,8?,9?/m1/s1. The summed E-state index contributed by atoms with van der Waals surface area (Å²) in [5.41, 5.74) is 0. The molecule has 5 atom stereocenters. The third-order valence-electron chi connectivity index (χ3n) is 4.67. The smallest absolute Gasteiger partial charge is 0.0312 e. The summed E-state index contributed by atoms with van der Waals surface area (Å²) in [7, 11) is 0. The van der Waals surface area contributed by atoms with Gasteiger partial charge in [0.25, 0.3) is 0 Å². The van der Waals surface area contributed by atoms with E-state index in [-0.39, 0.29) is 0 Å². The Labute approximate surface area is 55.6 Å². The van der Waals surface area contributed by atoms with Crippen molar-refractivity contribution in [3.8, 4) is 0 Å². The van der Waals surface area contributed by atoms with Crippen molar-refractivity contribution < 1.29 is 0 Å². The van der Waals surface area contributed by atoms with Crippen LogP contribution in [0.3, 0.4) is 0 Å². The molecule has 5 fully saturated rings. The third kappa shape index (κ3) is 0.222. The van der Waals surface area contributed by atoms with E-state index in [1.807, 2.05) is 0 Å². The second kappa shape index (κ2) is 0.810. The van der Waals surface area contributed by atoms with Gasteiger partial charge in [0.05, 0.1) is 0 Å². The molecule has 0 saturated heterocycles. The summed E-state index contributed by atoms with van der Waals surface area (Å²) in [6.07, 6.45) is 1.60. The van der Waals surface area contributed by atoms with Crippen LogP contribution in [0.1, 0.15) is 13.3 Å². The van der Waals surface area contributed by atoms with E-state index in [1.165, 1.54) is 35.5 Å². The zero-order chi connectivity index (χ0) is 5.75. The molecule has 5 aliphatic carbocycles. The van der Waals surface area contributed by atoms with Gasteiger partial charge in [0.2, 0.25) is 0 Å². The van der Waals surface area contributed by atoms with Crippen molar-refractivity contribution >= 4 is 0 Å². The first-order valence-corrected chi connectivity index (χ1v) is 4.39. The SMILES string of the molecule is C[C@@H]1C[C@@H]2C3C4C3C4[C@H]12. The monoisotopic (exact) mass is 120 g/mol. The largest absolute Gasteiger partial charge is 0.0622 e. The minimum atomic E-state index is 1.12. The summed E-state index contributed by atoms with van der Waals surface area (Å²) in [5, 5.41) is 0. The highest BCUT2D eigenvalue weighted by atomic mass is 14.9. The molecule has 48 valence electrons. The van der Waals surface area contributed by atoms with Crippen LogP contribution in [0.2, 0.25) is 0 Å². The van der Waals surface area contributed by atoms with Crippen LogP contribution in [0.5, 0.6) is 0 Å². The Morgan fingerprint density at radius 2 is 1.56 bits per heavy atom. The molecule has 9 heavy (non-hydrogen) atoms. The van der Waals surface area contributed by atoms with Crippen molar-refractivity contribution in [1.82, 2.24) is 0 Å². The lowest BCUT2D eigenvalue weighted by Crippen LogP contribution is -2.30. The number of hydrogen-bond donors (Lipinski definition) is 0. The van der Waals surface area contributed by atoms with E-state index in [0.717, 1.165) is 5.92 Å². The van der Waals surface area contributed by atoms with E-state index in [0.29, 0.717) is 0 Å². The Balaban J connectivity index is 1.84. The summed E-state index contributed by atoms with van der Waals surface area (Å²) in [4.78, 5) is 0. The van der Waals surface area contributed by atoms with Gasteiger partial charge in [0, 0.05) is 0 Å². The Kier molecular flexibility index (Phi) is 0.360. The third-order valence-corrected chi connectivity index (χ3v) is 4.67. The summed E-state index contributed by atoms with van der Waals surface area (Å²) in [6, 6.07) is 0. The van der Waals surface area contributed by atoms with Crippen molar-refractivity contribution in [2.45, 2.75) is 13.3 Å². The Morgan fingerprint density at radius 3 is 2.00 bits per heavy atom. The van der Waals surface area contributed by atoms with Crippen molar-refractivity contribution in [3.63, 3.8) is 0 Å². The first-order valence-electron chi connectivity index (χ1n) is 4.39. The molecule has 0 heteroatoms. The number of hydrogen-bond acceptors (Lipinski definition) is 0. The lowest BCUT2D eigenvalue weighted by molar-refractivity contribution is 0.114. The van der Waals surface area contributed by atoms with Crippen LogP contribution in [0.25, 0.3) is 0 Å². The summed E-state index contributed by atoms with van der Waals surface area (Å²) < 4.78 is 0. The first kappa shape index (κ1) is 4.00. The van der Waals surface area contributed by atoms with Crippen molar-refractivity contribution in [2.24, 2.45) is 41.4 Å². The van der Waals surface area contributed by atoms with Gasteiger partial charge < -0.3 is 0 Å². The summed E-state index contributed by atoms with van der Waals surface area (Å²) >= 11 is 0. The fourth-order valence-electron chi connectivity index (χ4n) is 4.27. The topological polar surface area (TPSA) is 0 Å². The average molecular weight is 120 g/mol. The maximum absolute atomic E-state index is 2.46. The van der Waals surface area contributed by atoms with Crippen LogP contribution in [0.15, 0.2) is 0 Å². The van der Waals surface area contributed by atoms with Crippen molar-refractivity contribution in [1.29, 1.82) is 0 Å². The van der Waals surface area contributed by atoms with Crippen LogP contribution in [0.4, 0.5) is 0 Å². The lowest BCUT2D eigenvalue weighted by atomic mass is 9.68. The second-order valence-electron chi connectivity index (χ2n) is 4.76. The average Bonchev–Trinajstić information content (AvgIpc) is 2.62. The molecule has 5 saturated carbocycles. The van der Waals surface area contributed by atoms with E-state index < -0.39 is 0 Å². The maximum atomic E-state index is 2.46. The number of rotatable bonds is 0. The van der Waals surface area contributed by atoms with E-state index in [9.17, 15) is 0 Å². The van der Waals surface area contributed by atoms with Gasteiger partial charge in [-0.2, -0.15) is 0 Å². The van der Waals surface area contributed by atoms with Gasteiger partial charge in [-0.15, -0.1) is 0 Å². The molecule has 0 aromatic heterocycles. The predicted octanol–water partition coefficient (Wildman–Crippen LogP) is 1.76. The highest BCUT2D eigenvalue weighted by Gasteiger charge is 2.86. The first-order chi connectivity index (χ1) is 4.39. The van der Waals surface area contributed by atoms with Crippen LogP contribution < -0.4 is 0 Å². The van der Waals surface area contributed by atoms with Crippen molar-refractivity contribution in [3.05, 3.63) is 0 Å². The zero-order valence-electron chi connectivity index (χ0n) is 5.75. The molecule has 0 amide bonds. The molecule has 5 aliphatic rings. The van der Waals surface area contributed by atoms with Gasteiger partial charge in [-0.1, -0.05) is 6.92 Å². The van der Waals surface area contributed by atoms with Crippen LogP contribution >= 0.6 is 0 Å². The molecule has 0 aliphatic heterocycles. The van der Waals surface area contributed by atoms with Gasteiger partial charge in [-0.05, 0) is 47.8 Å². The summed E-state index contributed by atoms with van der Waals surface area (Å²) in [6.45, 7) is 2.46. The fraction of sp³-hybridized carbons (Fsp3) is 1.00. The van der Waals surface area contributed by atoms with Crippen LogP contribution in [-0.2, 0) is 0 Å². The Bertz CT molecular complexity index is 186. The molecule has 2 unspecified atom stereocenters. The van der Waals surface area contributed by atoms with Gasteiger partial charge in [-0.3, -0.25) is 0 Å². The van der Waals surface area contributed by atoms with Crippen LogP contribution in [-0.4, -0.2) is 0 Å². The molecular formula is C9H12. The predicted molar refractivity (Wildman–Crippen MR) is 34.7 cm³/mol. The molecule has 0 radical (unpaired) electrons. The molecule has 0 N–H and O–H groups in total. The molecule has 0 spiro atoms. The van der Waals surface area contributed by atoms with Gasteiger partial charge in [0.1, 0.15) is 0 Å². The lowest BCUT2D eigenvalue weighted by Gasteiger charge is -2.37. The fourth-order valence-corrected chi connectivity index (χ4v) is 4.27. The van der Waals surface area contributed by atoms with E-state index >= 15 is 0 Å². The molecule has 0 heterocycles. The van der Waals surface area contributed by atoms with Crippen molar-refractivity contribution in [2.75, 3.05) is 0 Å². The normalized spacial score (nSPS) is 87.0. The quantitative estimate of drug-likeness (QED) is 0.457. The zero-order valence-corrected chi connectivity index (χ0v) is 5.75. The highest BCUT2D eigenvalue weighted by Crippen LogP contribution is 2.90. The second-order valence-corrected chi connectivity index (χ2v) is 4.76. The van der Waals surface area contributed by atoms with E-state index in [4.69, 9.17) is 0 Å². The van der Waals surface area contributed by atoms with Crippen LogP contribution in [0, 0.1) is 41.4 Å². The molecular weight excluding hydrogens is 108 g/mol. The molecule has 0 nitrogen and oxygen atoms in total. The van der Waals surface area contributed by atoms with Gasteiger partial charge >= 0.3 is 0 Å². The molecule has 5 rings (SSSR count). The van der Waals surface area contributed by atoms with E-state index in [2.05, 4.69) is 6.92 Å².